The monoisotopic (exact) mass is 355 g/mol. The minimum absolute atomic E-state index is 0.0630. The Morgan fingerprint density at radius 1 is 1.16 bits per heavy atom. The maximum Gasteiger partial charge on any atom is 0.253 e. The summed E-state index contributed by atoms with van der Waals surface area (Å²) in [6.45, 7) is 1.73. The molecule has 0 saturated carbocycles. The van der Waals surface area contributed by atoms with Gasteiger partial charge in [-0.05, 0) is 43.2 Å². The van der Waals surface area contributed by atoms with Crippen molar-refractivity contribution in [2.75, 3.05) is 24.5 Å². The van der Waals surface area contributed by atoms with Crippen LogP contribution in [-0.2, 0) is 4.79 Å². The second-order valence-electron chi connectivity index (χ2n) is 6.69. The van der Waals surface area contributed by atoms with Gasteiger partial charge in [0.05, 0.1) is 17.3 Å². The van der Waals surface area contributed by atoms with Crippen LogP contribution in [0.2, 0.25) is 5.02 Å². The molecule has 25 heavy (non-hydrogen) atoms. The highest BCUT2D eigenvalue weighted by Crippen LogP contribution is 2.42. The van der Waals surface area contributed by atoms with E-state index in [1.54, 1.807) is 46.5 Å². The molecule has 2 aliphatic rings. The highest BCUT2D eigenvalue weighted by Gasteiger charge is 2.52. The number of amides is 2. The van der Waals surface area contributed by atoms with Crippen LogP contribution in [0.1, 0.15) is 23.2 Å². The molecule has 2 aromatic rings. The number of hydrogen-bond donors (Lipinski definition) is 0. The van der Waals surface area contributed by atoms with Gasteiger partial charge >= 0.3 is 0 Å². The van der Waals surface area contributed by atoms with Crippen LogP contribution in [0, 0.1) is 5.41 Å². The van der Waals surface area contributed by atoms with Crippen molar-refractivity contribution in [3.05, 3.63) is 59.4 Å². The summed E-state index contributed by atoms with van der Waals surface area (Å²) >= 11 is 5.99. The van der Waals surface area contributed by atoms with Gasteiger partial charge in [0, 0.05) is 36.4 Å². The van der Waals surface area contributed by atoms with E-state index < -0.39 is 5.41 Å². The SMILES string of the molecule is O=C(c1cccc(Cl)c1)N1CC[C@]2(CCN(c3cccnc3)C2=O)C1. The average molecular weight is 356 g/mol. The van der Waals surface area contributed by atoms with Crippen LogP contribution >= 0.6 is 11.6 Å². The molecular weight excluding hydrogens is 338 g/mol. The summed E-state index contributed by atoms with van der Waals surface area (Å²) in [4.78, 5) is 33.4. The molecule has 128 valence electrons. The summed E-state index contributed by atoms with van der Waals surface area (Å²) in [5, 5.41) is 0.541. The van der Waals surface area contributed by atoms with Gasteiger partial charge in [-0.15, -0.1) is 0 Å². The first kappa shape index (κ1) is 16.1. The number of carbonyl (C=O) groups is 2. The lowest BCUT2D eigenvalue weighted by atomic mass is 9.85. The molecule has 1 atom stereocenters. The number of hydrogen-bond acceptors (Lipinski definition) is 3. The Labute approximate surface area is 151 Å². The van der Waals surface area contributed by atoms with Gasteiger partial charge in [0.1, 0.15) is 0 Å². The van der Waals surface area contributed by atoms with E-state index in [9.17, 15) is 9.59 Å². The molecule has 0 unspecified atom stereocenters. The second-order valence-corrected chi connectivity index (χ2v) is 7.12. The van der Waals surface area contributed by atoms with E-state index in [1.807, 2.05) is 12.1 Å². The van der Waals surface area contributed by atoms with Gasteiger partial charge in [-0.2, -0.15) is 0 Å². The fourth-order valence-electron chi connectivity index (χ4n) is 3.81. The molecule has 2 fully saturated rings. The molecule has 3 heterocycles. The predicted octanol–water partition coefficient (Wildman–Crippen LogP) is 3.00. The number of halogens is 1. The van der Waals surface area contributed by atoms with E-state index in [1.165, 1.54) is 0 Å². The number of pyridine rings is 1. The van der Waals surface area contributed by atoms with E-state index in [4.69, 9.17) is 11.6 Å². The molecule has 1 aromatic heterocycles. The van der Waals surface area contributed by atoms with Crippen LogP contribution < -0.4 is 4.90 Å². The third-order valence-electron chi connectivity index (χ3n) is 5.18. The summed E-state index contributed by atoms with van der Waals surface area (Å²) in [7, 11) is 0. The number of benzene rings is 1. The Bertz CT molecular complexity index is 826. The van der Waals surface area contributed by atoms with Crippen LogP contribution in [0.5, 0.6) is 0 Å². The predicted molar refractivity (Wildman–Crippen MR) is 95.6 cm³/mol. The Balaban J connectivity index is 1.52. The number of rotatable bonds is 2. The first-order chi connectivity index (χ1) is 12.1. The number of anilines is 1. The number of likely N-dealkylation sites (tertiary alicyclic amines) is 1. The van der Waals surface area contributed by atoms with E-state index >= 15 is 0 Å². The van der Waals surface area contributed by atoms with Gasteiger partial charge in [-0.1, -0.05) is 17.7 Å². The normalized spacial score (nSPS) is 22.8. The Kier molecular flexibility index (Phi) is 3.96. The Morgan fingerprint density at radius 3 is 2.76 bits per heavy atom. The lowest BCUT2D eigenvalue weighted by Gasteiger charge is -2.23. The fourth-order valence-corrected chi connectivity index (χ4v) is 4.00. The zero-order valence-corrected chi connectivity index (χ0v) is 14.4. The zero-order chi connectivity index (χ0) is 17.4. The molecule has 1 spiro atoms. The zero-order valence-electron chi connectivity index (χ0n) is 13.7. The van der Waals surface area contributed by atoms with Gasteiger partial charge < -0.3 is 9.80 Å². The topological polar surface area (TPSA) is 53.5 Å². The van der Waals surface area contributed by atoms with Gasteiger partial charge in [0.25, 0.3) is 5.91 Å². The van der Waals surface area contributed by atoms with Crippen molar-refractivity contribution in [1.29, 1.82) is 0 Å². The third kappa shape index (κ3) is 2.78. The first-order valence-corrected chi connectivity index (χ1v) is 8.74. The molecule has 1 aromatic carbocycles. The molecule has 5 nitrogen and oxygen atoms in total. The highest BCUT2D eigenvalue weighted by molar-refractivity contribution is 6.31. The third-order valence-corrected chi connectivity index (χ3v) is 5.42. The summed E-state index contributed by atoms with van der Waals surface area (Å²) in [5.74, 6) is 0.0360. The van der Waals surface area contributed by atoms with Crippen LogP contribution in [-0.4, -0.2) is 41.3 Å². The maximum atomic E-state index is 13.0. The lowest BCUT2D eigenvalue weighted by molar-refractivity contribution is -0.124. The van der Waals surface area contributed by atoms with Gasteiger partial charge in [0.15, 0.2) is 0 Å². The molecule has 0 bridgehead atoms. The maximum absolute atomic E-state index is 13.0. The quantitative estimate of drug-likeness (QED) is 0.832. The van der Waals surface area contributed by atoms with Crippen LogP contribution in [0.4, 0.5) is 5.69 Å². The highest BCUT2D eigenvalue weighted by atomic mass is 35.5. The Hall–Kier alpha value is -2.40. The molecule has 0 radical (unpaired) electrons. The van der Waals surface area contributed by atoms with Crippen molar-refractivity contribution >= 4 is 29.1 Å². The van der Waals surface area contributed by atoms with E-state index in [0.717, 1.165) is 12.1 Å². The van der Waals surface area contributed by atoms with Crippen LogP contribution in [0.25, 0.3) is 0 Å². The minimum atomic E-state index is -0.468. The summed E-state index contributed by atoms with van der Waals surface area (Å²) < 4.78 is 0. The van der Waals surface area contributed by atoms with Crippen molar-refractivity contribution in [3.63, 3.8) is 0 Å². The van der Waals surface area contributed by atoms with Crippen molar-refractivity contribution in [3.8, 4) is 0 Å². The van der Waals surface area contributed by atoms with Gasteiger partial charge in [-0.3, -0.25) is 14.6 Å². The number of aromatic nitrogens is 1. The van der Waals surface area contributed by atoms with Crippen molar-refractivity contribution in [2.45, 2.75) is 12.8 Å². The van der Waals surface area contributed by atoms with Crippen LogP contribution in [0.15, 0.2) is 48.8 Å². The molecule has 2 aliphatic heterocycles. The average Bonchev–Trinajstić information content (AvgIpc) is 3.21. The molecule has 0 aliphatic carbocycles. The van der Waals surface area contributed by atoms with Gasteiger partial charge in [-0.25, -0.2) is 0 Å². The largest absolute Gasteiger partial charge is 0.338 e. The van der Waals surface area contributed by atoms with Crippen LogP contribution in [0.3, 0.4) is 0 Å². The molecule has 2 amide bonds. The summed E-state index contributed by atoms with van der Waals surface area (Å²) in [5.41, 5.74) is 0.924. The molecule has 6 heteroatoms. The summed E-state index contributed by atoms with van der Waals surface area (Å²) in [6, 6.07) is 10.7. The molecule has 0 N–H and O–H groups in total. The first-order valence-electron chi connectivity index (χ1n) is 8.36. The molecular formula is C19H18ClN3O2. The van der Waals surface area contributed by atoms with E-state index in [2.05, 4.69) is 4.98 Å². The van der Waals surface area contributed by atoms with Crippen molar-refractivity contribution in [1.82, 2.24) is 9.88 Å². The lowest BCUT2D eigenvalue weighted by Crippen LogP contribution is -2.38. The minimum Gasteiger partial charge on any atom is -0.338 e. The molecule has 4 rings (SSSR count). The Morgan fingerprint density at radius 2 is 2.00 bits per heavy atom. The van der Waals surface area contributed by atoms with E-state index in [-0.39, 0.29) is 11.8 Å². The van der Waals surface area contributed by atoms with E-state index in [0.29, 0.717) is 36.6 Å². The smallest absolute Gasteiger partial charge is 0.253 e. The fraction of sp³-hybridized carbons (Fsp3) is 0.316. The van der Waals surface area contributed by atoms with Gasteiger partial charge in [0.2, 0.25) is 5.91 Å². The summed E-state index contributed by atoms with van der Waals surface area (Å²) in [6.07, 6.45) is 4.87. The standard InChI is InChI=1S/C19H18ClN3O2/c20-15-4-1-3-14(11-15)17(24)22-9-6-19(13-22)7-10-23(18(19)25)16-5-2-8-21-12-16/h1-5,8,11-12H,6-7,9-10,13H2/t19-/m0/s1. The molecule has 2 saturated heterocycles. The second kappa shape index (κ2) is 6.15. The van der Waals surface area contributed by atoms with Crippen molar-refractivity contribution < 1.29 is 9.59 Å². The van der Waals surface area contributed by atoms with Crippen molar-refractivity contribution in [2.24, 2.45) is 5.41 Å². The number of carbonyl (C=O) groups excluding carboxylic acids is 2. The number of nitrogens with zero attached hydrogens (tertiary/aromatic N) is 3.